The van der Waals surface area contributed by atoms with Crippen molar-refractivity contribution < 1.29 is 9.32 Å². The van der Waals surface area contributed by atoms with Gasteiger partial charge in [-0.05, 0) is 12.1 Å². The molecule has 0 bridgehead atoms. The van der Waals surface area contributed by atoms with Crippen molar-refractivity contribution in [2.24, 2.45) is 0 Å². The van der Waals surface area contributed by atoms with Gasteiger partial charge in [-0.2, -0.15) is 4.98 Å². The molecule has 0 atom stereocenters. The molecule has 3 heterocycles. The smallest absolute Gasteiger partial charge is 0.324 e. The number of anilines is 1. The average Bonchev–Trinajstić information content (AvgIpc) is 3.26. The second-order valence-corrected chi connectivity index (χ2v) is 6.55. The van der Waals surface area contributed by atoms with Crippen molar-refractivity contribution in [1.29, 1.82) is 0 Å². The largest absolute Gasteiger partial charge is 0.339 e. The number of hydrogen-bond acceptors (Lipinski definition) is 5. The van der Waals surface area contributed by atoms with E-state index in [2.05, 4.69) is 15.1 Å². The van der Waals surface area contributed by atoms with Gasteiger partial charge in [0, 0.05) is 20.5 Å². The molecule has 0 aliphatic carbocycles. The number of halogens is 1. The number of nitrogens with zero attached hydrogens (tertiary/aromatic N) is 6. The minimum Gasteiger partial charge on any atom is -0.339 e. The number of aromatic nitrogens is 4. The van der Waals surface area contributed by atoms with Crippen LogP contribution >= 0.6 is 11.6 Å². The third-order valence-electron chi connectivity index (χ3n) is 4.27. The number of imidazole rings is 1. The molecule has 0 saturated carbocycles. The summed E-state index contributed by atoms with van der Waals surface area (Å²) >= 11 is 6.41. The fraction of sp³-hybridized carbons (Fsp3) is 0.294. The molecule has 0 N–H and O–H groups in total. The van der Waals surface area contributed by atoms with Crippen molar-refractivity contribution in [1.82, 2.24) is 24.6 Å². The summed E-state index contributed by atoms with van der Waals surface area (Å²) < 4.78 is 7.12. The molecule has 1 aliphatic rings. The molecule has 0 unspecified atom stereocenters. The number of urea groups is 1. The highest BCUT2D eigenvalue weighted by molar-refractivity contribution is 6.34. The summed E-state index contributed by atoms with van der Waals surface area (Å²) in [5, 5.41) is 4.52. The van der Waals surface area contributed by atoms with Crippen LogP contribution in [0.5, 0.6) is 0 Å². The highest BCUT2D eigenvalue weighted by Crippen LogP contribution is 2.40. The van der Waals surface area contributed by atoms with Crippen molar-refractivity contribution in [3.8, 4) is 17.2 Å². The number of amides is 2. The Morgan fingerprint density at radius 2 is 2.19 bits per heavy atom. The predicted octanol–water partition coefficient (Wildman–Crippen LogP) is 3.14. The van der Waals surface area contributed by atoms with E-state index in [1.165, 1.54) is 4.90 Å². The zero-order valence-electron chi connectivity index (χ0n) is 14.6. The molecular formula is C17H17ClN6O2. The highest BCUT2D eigenvalue weighted by atomic mass is 35.5. The van der Waals surface area contributed by atoms with Gasteiger partial charge in [-0.3, -0.25) is 9.47 Å². The Morgan fingerprint density at radius 1 is 1.38 bits per heavy atom. The van der Waals surface area contributed by atoms with Crippen LogP contribution in [0.1, 0.15) is 18.5 Å². The summed E-state index contributed by atoms with van der Waals surface area (Å²) in [6.45, 7) is 2.24. The topological polar surface area (TPSA) is 80.3 Å². The van der Waals surface area contributed by atoms with Crippen LogP contribution in [0.3, 0.4) is 0 Å². The first-order valence-electron chi connectivity index (χ1n) is 8.18. The lowest BCUT2D eigenvalue weighted by Gasteiger charge is -2.33. The molecule has 1 aliphatic heterocycles. The minimum absolute atomic E-state index is 0.167. The van der Waals surface area contributed by atoms with Crippen LogP contribution in [-0.2, 0) is 13.0 Å². The number of para-hydroxylation sites is 1. The third kappa shape index (κ3) is 2.45. The number of hydrogen-bond donors (Lipinski definition) is 0. The maximum Gasteiger partial charge on any atom is 0.324 e. The summed E-state index contributed by atoms with van der Waals surface area (Å²) in [5.41, 5.74) is 2.84. The van der Waals surface area contributed by atoms with Gasteiger partial charge < -0.3 is 9.42 Å². The zero-order valence-corrected chi connectivity index (χ0v) is 15.4. The average molecular weight is 373 g/mol. The number of carbonyl (C=O) groups excluding carboxylic acids is 1. The van der Waals surface area contributed by atoms with Crippen LogP contribution in [0.15, 0.2) is 29.0 Å². The standard InChI is InChI=1S/C17H17ClN6O2/c1-4-13-20-16(21-26-13)14-12-8-23(17(25)22(2)3)15-10(18)6-5-7-11(15)24(12)9-19-14/h5-7,9H,4,8H2,1-3H3. The molecule has 1 aromatic carbocycles. The Bertz CT molecular complexity index is 993. The van der Waals surface area contributed by atoms with Gasteiger partial charge in [0.05, 0.1) is 28.6 Å². The lowest BCUT2D eigenvalue weighted by atomic mass is 10.1. The number of benzene rings is 1. The molecule has 4 rings (SSSR count). The van der Waals surface area contributed by atoms with Gasteiger partial charge in [0.25, 0.3) is 0 Å². The van der Waals surface area contributed by atoms with E-state index in [0.717, 1.165) is 11.4 Å². The normalized spacial score (nSPS) is 12.7. The summed E-state index contributed by atoms with van der Waals surface area (Å²) in [6, 6.07) is 5.35. The Balaban J connectivity index is 1.89. The molecule has 0 fully saturated rings. The lowest BCUT2D eigenvalue weighted by Crippen LogP contribution is -2.41. The fourth-order valence-electron chi connectivity index (χ4n) is 3.01. The Hall–Kier alpha value is -2.87. The molecule has 2 aromatic heterocycles. The zero-order chi connectivity index (χ0) is 18.4. The molecule has 9 heteroatoms. The van der Waals surface area contributed by atoms with Crippen molar-refractivity contribution in [3.63, 3.8) is 0 Å². The van der Waals surface area contributed by atoms with Gasteiger partial charge in [0.15, 0.2) is 0 Å². The second kappa shape index (κ2) is 6.14. The third-order valence-corrected chi connectivity index (χ3v) is 4.57. The van der Waals surface area contributed by atoms with Crippen LogP contribution in [0.2, 0.25) is 5.02 Å². The molecule has 134 valence electrons. The van der Waals surface area contributed by atoms with E-state index in [1.54, 1.807) is 31.4 Å². The molecule has 2 amide bonds. The second-order valence-electron chi connectivity index (χ2n) is 6.15. The van der Waals surface area contributed by atoms with Gasteiger partial charge >= 0.3 is 6.03 Å². The predicted molar refractivity (Wildman–Crippen MR) is 96.5 cm³/mol. The summed E-state index contributed by atoms with van der Waals surface area (Å²) in [4.78, 5) is 24.7. The van der Waals surface area contributed by atoms with Crippen LogP contribution in [0.4, 0.5) is 10.5 Å². The van der Waals surface area contributed by atoms with Gasteiger partial charge in [-0.15, -0.1) is 0 Å². The first-order chi connectivity index (χ1) is 12.5. The van der Waals surface area contributed by atoms with Crippen LogP contribution in [0.25, 0.3) is 17.2 Å². The van der Waals surface area contributed by atoms with Crippen LogP contribution in [0, 0.1) is 0 Å². The first-order valence-corrected chi connectivity index (χ1v) is 8.56. The molecule has 3 aromatic rings. The van der Waals surface area contributed by atoms with E-state index < -0.39 is 0 Å². The van der Waals surface area contributed by atoms with Crippen molar-refractivity contribution in [3.05, 3.63) is 41.1 Å². The van der Waals surface area contributed by atoms with E-state index in [-0.39, 0.29) is 6.03 Å². The van der Waals surface area contributed by atoms with Crippen LogP contribution < -0.4 is 4.90 Å². The van der Waals surface area contributed by atoms with E-state index >= 15 is 0 Å². The molecule has 0 radical (unpaired) electrons. The summed E-state index contributed by atoms with van der Waals surface area (Å²) in [7, 11) is 3.41. The minimum atomic E-state index is -0.167. The SMILES string of the molecule is CCc1nc(-c2ncn3c2CN(C(=O)N(C)C)c2c(Cl)cccc2-3)no1. The number of rotatable bonds is 2. The first kappa shape index (κ1) is 16.6. The van der Waals surface area contributed by atoms with Crippen LogP contribution in [-0.4, -0.2) is 44.7 Å². The number of aryl methyl sites for hydroxylation is 1. The van der Waals surface area contributed by atoms with E-state index in [0.29, 0.717) is 41.1 Å². The van der Waals surface area contributed by atoms with Gasteiger partial charge in [0.1, 0.15) is 12.0 Å². The molecule has 0 spiro atoms. The summed E-state index contributed by atoms with van der Waals surface area (Å²) in [6.07, 6.45) is 2.34. The lowest BCUT2D eigenvalue weighted by molar-refractivity contribution is 0.223. The van der Waals surface area contributed by atoms with E-state index in [9.17, 15) is 4.79 Å². The quantitative estimate of drug-likeness (QED) is 0.690. The van der Waals surface area contributed by atoms with E-state index in [1.807, 2.05) is 23.6 Å². The monoisotopic (exact) mass is 372 g/mol. The highest BCUT2D eigenvalue weighted by Gasteiger charge is 2.32. The van der Waals surface area contributed by atoms with Crippen molar-refractivity contribution in [2.75, 3.05) is 19.0 Å². The Morgan fingerprint density at radius 3 is 2.88 bits per heavy atom. The Kier molecular flexibility index (Phi) is 3.91. The van der Waals surface area contributed by atoms with Gasteiger partial charge in [-0.25, -0.2) is 9.78 Å². The maximum atomic E-state index is 12.8. The fourth-order valence-corrected chi connectivity index (χ4v) is 3.28. The van der Waals surface area contributed by atoms with Crippen molar-refractivity contribution in [2.45, 2.75) is 19.9 Å². The van der Waals surface area contributed by atoms with Gasteiger partial charge in [0.2, 0.25) is 11.7 Å². The molecular weight excluding hydrogens is 356 g/mol. The van der Waals surface area contributed by atoms with Crippen molar-refractivity contribution >= 4 is 23.3 Å². The molecule has 26 heavy (non-hydrogen) atoms. The molecule has 0 saturated heterocycles. The summed E-state index contributed by atoms with van der Waals surface area (Å²) in [5.74, 6) is 0.959. The van der Waals surface area contributed by atoms with E-state index in [4.69, 9.17) is 16.1 Å². The number of carbonyl (C=O) groups is 1. The Labute approximate surface area is 155 Å². The number of fused-ring (bicyclic) bond motifs is 3. The maximum absolute atomic E-state index is 12.8. The molecule has 8 nitrogen and oxygen atoms in total. The van der Waals surface area contributed by atoms with Gasteiger partial charge in [-0.1, -0.05) is 29.7 Å².